The van der Waals surface area contributed by atoms with Crippen LogP contribution in [-0.4, -0.2) is 31.0 Å². The number of hydrogen-bond acceptors (Lipinski definition) is 4. The number of rotatable bonds is 7. The van der Waals surface area contributed by atoms with E-state index >= 15 is 0 Å². The maximum absolute atomic E-state index is 10.4. The first-order valence-electron chi connectivity index (χ1n) is 7.93. The van der Waals surface area contributed by atoms with Gasteiger partial charge in [0.2, 0.25) is 0 Å². The van der Waals surface area contributed by atoms with Gasteiger partial charge < -0.3 is 19.3 Å². The molecular formula is C17H26O4. The van der Waals surface area contributed by atoms with Gasteiger partial charge in [-0.25, -0.2) is 0 Å². The third kappa shape index (κ3) is 4.61. The van der Waals surface area contributed by atoms with Crippen LogP contribution in [0, 0.1) is 0 Å². The van der Waals surface area contributed by atoms with Crippen molar-refractivity contribution in [2.75, 3.05) is 19.8 Å². The van der Waals surface area contributed by atoms with Crippen LogP contribution in [0.3, 0.4) is 0 Å². The Morgan fingerprint density at radius 2 is 1.95 bits per heavy atom. The molecule has 2 unspecified atom stereocenters. The first-order valence-corrected chi connectivity index (χ1v) is 7.93. The van der Waals surface area contributed by atoms with E-state index in [9.17, 15) is 5.11 Å². The van der Waals surface area contributed by atoms with Crippen molar-refractivity contribution in [3.05, 3.63) is 23.8 Å². The van der Waals surface area contributed by atoms with E-state index in [-0.39, 0.29) is 6.10 Å². The zero-order chi connectivity index (χ0) is 15.1. The second-order valence-corrected chi connectivity index (χ2v) is 5.31. The topological polar surface area (TPSA) is 47.9 Å². The zero-order valence-corrected chi connectivity index (χ0v) is 13.0. The van der Waals surface area contributed by atoms with Gasteiger partial charge in [-0.05, 0) is 50.8 Å². The Morgan fingerprint density at radius 1 is 1.19 bits per heavy atom. The van der Waals surface area contributed by atoms with Crippen LogP contribution in [0.15, 0.2) is 18.2 Å². The van der Waals surface area contributed by atoms with Crippen LogP contribution in [0.4, 0.5) is 0 Å². The molecule has 0 saturated carbocycles. The standard InChI is InChI=1S/C17H26O4/c1-3-19-16-9-8-13(11-17(16)20-4-2)15(18)12-14-7-5-6-10-21-14/h8-9,11,14-15,18H,3-7,10,12H2,1-2H3. The second kappa shape index (κ2) is 8.25. The van der Waals surface area contributed by atoms with Crippen LogP contribution < -0.4 is 9.47 Å². The highest BCUT2D eigenvalue weighted by atomic mass is 16.5. The van der Waals surface area contributed by atoms with E-state index in [0.717, 1.165) is 30.8 Å². The molecule has 4 heteroatoms. The molecule has 1 fully saturated rings. The van der Waals surface area contributed by atoms with E-state index in [1.165, 1.54) is 6.42 Å². The molecule has 1 aliphatic heterocycles. The van der Waals surface area contributed by atoms with Gasteiger partial charge in [0.15, 0.2) is 11.5 Å². The number of aliphatic hydroxyl groups excluding tert-OH is 1. The van der Waals surface area contributed by atoms with E-state index in [2.05, 4.69) is 0 Å². The van der Waals surface area contributed by atoms with E-state index in [1.54, 1.807) is 0 Å². The summed E-state index contributed by atoms with van der Waals surface area (Å²) in [4.78, 5) is 0. The molecule has 0 aliphatic carbocycles. The summed E-state index contributed by atoms with van der Waals surface area (Å²) in [7, 11) is 0. The maximum Gasteiger partial charge on any atom is 0.161 e. The Labute approximate surface area is 127 Å². The molecule has 1 aromatic carbocycles. The lowest BCUT2D eigenvalue weighted by molar-refractivity contribution is -0.0156. The molecule has 0 spiro atoms. The fourth-order valence-corrected chi connectivity index (χ4v) is 2.65. The molecule has 4 nitrogen and oxygen atoms in total. The van der Waals surface area contributed by atoms with Crippen LogP contribution >= 0.6 is 0 Å². The average molecular weight is 294 g/mol. The van der Waals surface area contributed by atoms with E-state index in [4.69, 9.17) is 14.2 Å². The van der Waals surface area contributed by atoms with Crippen LogP contribution in [0.5, 0.6) is 11.5 Å². The van der Waals surface area contributed by atoms with E-state index in [1.807, 2.05) is 32.0 Å². The van der Waals surface area contributed by atoms with Gasteiger partial charge in [0, 0.05) is 13.0 Å². The summed E-state index contributed by atoms with van der Waals surface area (Å²) in [5, 5.41) is 10.4. The van der Waals surface area contributed by atoms with Gasteiger partial charge in [0.05, 0.1) is 25.4 Å². The number of hydrogen-bond donors (Lipinski definition) is 1. The molecular weight excluding hydrogens is 268 g/mol. The Balaban J connectivity index is 2.05. The largest absolute Gasteiger partial charge is 0.490 e. The summed E-state index contributed by atoms with van der Waals surface area (Å²) < 4.78 is 16.8. The van der Waals surface area contributed by atoms with Crippen molar-refractivity contribution in [1.82, 2.24) is 0 Å². The van der Waals surface area contributed by atoms with Crippen molar-refractivity contribution in [3.8, 4) is 11.5 Å². The first-order chi connectivity index (χ1) is 10.2. The highest BCUT2D eigenvalue weighted by molar-refractivity contribution is 5.43. The van der Waals surface area contributed by atoms with Crippen molar-refractivity contribution in [2.24, 2.45) is 0 Å². The zero-order valence-electron chi connectivity index (χ0n) is 13.0. The molecule has 2 atom stereocenters. The van der Waals surface area contributed by atoms with Crippen molar-refractivity contribution >= 4 is 0 Å². The maximum atomic E-state index is 10.4. The normalized spacial score (nSPS) is 20.0. The van der Waals surface area contributed by atoms with Crippen molar-refractivity contribution in [3.63, 3.8) is 0 Å². The smallest absolute Gasteiger partial charge is 0.161 e. The fourth-order valence-electron chi connectivity index (χ4n) is 2.65. The number of aliphatic hydroxyl groups is 1. The molecule has 21 heavy (non-hydrogen) atoms. The summed E-state index contributed by atoms with van der Waals surface area (Å²) in [6.45, 7) is 5.86. The SMILES string of the molecule is CCOc1ccc(C(O)CC2CCCCO2)cc1OCC. The summed E-state index contributed by atoms with van der Waals surface area (Å²) in [6, 6.07) is 5.65. The molecule has 1 aliphatic rings. The molecule has 0 amide bonds. The second-order valence-electron chi connectivity index (χ2n) is 5.31. The van der Waals surface area contributed by atoms with Gasteiger partial charge in [0.1, 0.15) is 0 Å². The van der Waals surface area contributed by atoms with Crippen LogP contribution in [0.2, 0.25) is 0 Å². The minimum absolute atomic E-state index is 0.163. The Bertz CT molecular complexity index is 427. The summed E-state index contributed by atoms with van der Waals surface area (Å²) in [5.74, 6) is 1.42. The van der Waals surface area contributed by atoms with E-state index in [0.29, 0.717) is 25.4 Å². The minimum Gasteiger partial charge on any atom is -0.490 e. The fraction of sp³-hybridized carbons (Fsp3) is 0.647. The Kier molecular flexibility index (Phi) is 6.33. The van der Waals surface area contributed by atoms with Gasteiger partial charge in [-0.3, -0.25) is 0 Å². The summed E-state index contributed by atoms with van der Waals surface area (Å²) >= 11 is 0. The molecule has 0 radical (unpaired) electrons. The summed E-state index contributed by atoms with van der Waals surface area (Å²) in [5.41, 5.74) is 0.857. The quantitative estimate of drug-likeness (QED) is 0.836. The molecule has 1 aromatic rings. The number of ether oxygens (including phenoxy) is 3. The first kappa shape index (κ1) is 16.1. The minimum atomic E-state index is -0.525. The Morgan fingerprint density at radius 3 is 2.62 bits per heavy atom. The molecule has 0 aromatic heterocycles. The molecule has 118 valence electrons. The molecule has 1 saturated heterocycles. The van der Waals surface area contributed by atoms with Crippen LogP contribution in [-0.2, 0) is 4.74 Å². The van der Waals surface area contributed by atoms with Gasteiger partial charge >= 0.3 is 0 Å². The van der Waals surface area contributed by atoms with Crippen LogP contribution in [0.25, 0.3) is 0 Å². The van der Waals surface area contributed by atoms with Crippen molar-refractivity contribution < 1.29 is 19.3 Å². The van der Waals surface area contributed by atoms with Crippen LogP contribution in [0.1, 0.15) is 51.2 Å². The monoisotopic (exact) mass is 294 g/mol. The number of benzene rings is 1. The van der Waals surface area contributed by atoms with Gasteiger partial charge in [0.25, 0.3) is 0 Å². The van der Waals surface area contributed by atoms with E-state index < -0.39 is 6.10 Å². The molecule has 1 heterocycles. The lowest BCUT2D eigenvalue weighted by Crippen LogP contribution is -2.21. The Hall–Kier alpha value is -1.26. The predicted octanol–water partition coefficient (Wildman–Crippen LogP) is 3.48. The highest BCUT2D eigenvalue weighted by Crippen LogP contribution is 2.33. The third-order valence-corrected chi connectivity index (χ3v) is 3.71. The van der Waals surface area contributed by atoms with Gasteiger partial charge in [-0.1, -0.05) is 6.07 Å². The lowest BCUT2D eigenvalue weighted by Gasteiger charge is -2.25. The molecule has 2 rings (SSSR count). The predicted molar refractivity (Wildman–Crippen MR) is 81.9 cm³/mol. The highest BCUT2D eigenvalue weighted by Gasteiger charge is 2.20. The van der Waals surface area contributed by atoms with Gasteiger partial charge in [-0.2, -0.15) is 0 Å². The lowest BCUT2D eigenvalue weighted by atomic mass is 9.98. The van der Waals surface area contributed by atoms with Crippen molar-refractivity contribution in [1.29, 1.82) is 0 Å². The summed E-state index contributed by atoms with van der Waals surface area (Å²) in [6.07, 6.45) is 3.62. The van der Waals surface area contributed by atoms with Gasteiger partial charge in [-0.15, -0.1) is 0 Å². The van der Waals surface area contributed by atoms with Crippen molar-refractivity contribution in [2.45, 2.75) is 51.7 Å². The molecule has 0 bridgehead atoms. The third-order valence-electron chi connectivity index (χ3n) is 3.71. The average Bonchev–Trinajstić information content (AvgIpc) is 2.50. The molecule has 1 N–H and O–H groups in total.